The van der Waals surface area contributed by atoms with Gasteiger partial charge < -0.3 is 0 Å². The zero-order chi connectivity index (χ0) is 14.0. The Bertz CT molecular complexity index is 484. The fourth-order valence-corrected chi connectivity index (χ4v) is 3.00. The van der Waals surface area contributed by atoms with Gasteiger partial charge in [-0.3, -0.25) is 0 Å². The average molecular weight is 269 g/mol. The number of hydrogen-bond donors (Lipinski definition) is 0. The van der Waals surface area contributed by atoms with E-state index in [-0.39, 0.29) is 5.41 Å². The average Bonchev–Trinajstić information content (AvgIpc) is 2.28. The van der Waals surface area contributed by atoms with E-state index in [9.17, 15) is 8.42 Å². The van der Waals surface area contributed by atoms with Gasteiger partial charge in [0.25, 0.3) is 0 Å². The Hall–Kier alpha value is -0.870. The summed E-state index contributed by atoms with van der Waals surface area (Å²) in [5, 5.41) is 0. The molecule has 0 bridgehead atoms. The summed E-state index contributed by atoms with van der Waals surface area (Å²) >= 11 is 0. The van der Waals surface area contributed by atoms with E-state index < -0.39 is 10.0 Å². The predicted octanol–water partition coefficient (Wildman–Crippen LogP) is 3.01. The van der Waals surface area contributed by atoms with Crippen molar-refractivity contribution in [1.82, 2.24) is 4.31 Å². The molecular formula is C14H23NO2S. The molecule has 0 aromatic heterocycles. The first-order valence-electron chi connectivity index (χ1n) is 6.26. The predicted molar refractivity (Wildman–Crippen MR) is 75.2 cm³/mol. The maximum absolute atomic E-state index is 12.2. The van der Waals surface area contributed by atoms with Gasteiger partial charge in [0.15, 0.2) is 0 Å². The third-order valence-electron chi connectivity index (χ3n) is 2.97. The zero-order valence-electron chi connectivity index (χ0n) is 11.9. The minimum atomic E-state index is -3.33. The van der Waals surface area contributed by atoms with Crippen LogP contribution in [0, 0.1) is 0 Å². The highest BCUT2D eigenvalue weighted by atomic mass is 32.2. The molecule has 0 radical (unpaired) electrons. The van der Waals surface area contributed by atoms with Crippen molar-refractivity contribution in [3.05, 3.63) is 29.8 Å². The summed E-state index contributed by atoms with van der Waals surface area (Å²) in [6.07, 6.45) is 0.815. The second kappa shape index (κ2) is 5.41. The van der Waals surface area contributed by atoms with Crippen molar-refractivity contribution in [3.63, 3.8) is 0 Å². The minimum Gasteiger partial charge on any atom is -0.207 e. The van der Waals surface area contributed by atoms with Crippen LogP contribution in [0.5, 0.6) is 0 Å². The summed E-state index contributed by atoms with van der Waals surface area (Å²) in [5.41, 5.74) is 1.18. The number of rotatable bonds is 4. The van der Waals surface area contributed by atoms with Crippen LogP contribution in [0.2, 0.25) is 0 Å². The quantitative estimate of drug-likeness (QED) is 0.842. The van der Waals surface area contributed by atoms with Crippen LogP contribution < -0.4 is 0 Å². The highest BCUT2D eigenvalue weighted by Gasteiger charge is 2.21. The Morgan fingerprint density at radius 3 is 2.00 bits per heavy atom. The van der Waals surface area contributed by atoms with E-state index in [1.165, 1.54) is 4.31 Å². The molecule has 0 amide bonds. The third-order valence-corrected chi connectivity index (χ3v) is 4.84. The summed E-state index contributed by atoms with van der Waals surface area (Å²) in [7, 11) is -1.71. The molecular weight excluding hydrogens is 246 g/mol. The number of benzene rings is 1. The van der Waals surface area contributed by atoms with Crippen LogP contribution >= 0.6 is 0 Å². The van der Waals surface area contributed by atoms with E-state index in [2.05, 4.69) is 20.8 Å². The van der Waals surface area contributed by atoms with Gasteiger partial charge in [0.2, 0.25) is 10.0 Å². The Morgan fingerprint density at radius 1 is 1.11 bits per heavy atom. The summed E-state index contributed by atoms with van der Waals surface area (Å²) in [5.74, 6) is 0. The van der Waals surface area contributed by atoms with Crippen molar-refractivity contribution in [3.8, 4) is 0 Å². The molecule has 0 atom stereocenters. The van der Waals surface area contributed by atoms with Crippen LogP contribution in [0.3, 0.4) is 0 Å². The lowest BCUT2D eigenvalue weighted by molar-refractivity contribution is 0.468. The molecule has 0 spiro atoms. The van der Waals surface area contributed by atoms with Gasteiger partial charge in [-0.25, -0.2) is 12.7 Å². The minimum absolute atomic E-state index is 0.0393. The molecule has 1 aromatic rings. The molecule has 18 heavy (non-hydrogen) atoms. The molecule has 1 rings (SSSR count). The first-order chi connectivity index (χ1) is 8.19. The molecule has 0 aliphatic carbocycles. The number of sulfonamides is 1. The smallest absolute Gasteiger partial charge is 0.207 e. The summed E-state index contributed by atoms with van der Waals surface area (Å²) < 4.78 is 25.8. The van der Waals surface area contributed by atoms with E-state index in [0.717, 1.165) is 12.0 Å². The van der Waals surface area contributed by atoms with Crippen molar-refractivity contribution in [2.45, 2.75) is 44.4 Å². The van der Waals surface area contributed by atoms with Crippen LogP contribution in [-0.2, 0) is 15.4 Å². The molecule has 0 aliphatic rings. The Kier molecular flexibility index (Phi) is 4.56. The van der Waals surface area contributed by atoms with Crippen LogP contribution in [0.25, 0.3) is 0 Å². The fourth-order valence-electron chi connectivity index (χ4n) is 1.74. The van der Waals surface area contributed by atoms with Crippen molar-refractivity contribution in [2.75, 3.05) is 13.6 Å². The van der Waals surface area contributed by atoms with Gasteiger partial charge in [-0.15, -0.1) is 0 Å². The highest BCUT2D eigenvalue weighted by molar-refractivity contribution is 7.89. The number of hydrogen-bond acceptors (Lipinski definition) is 2. The molecule has 0 fully saturated rings. The first-order valence-corrected chi connectivity index (χ1v) is 7.70. The molecule has 0 N–H and O–H groups in total. The van der Waals surface area contributed by atoms with Gasteiger partial charge in [-0.05, 0) is 29.5 Å². The standard InChI is InChI=1S/C14H23NO2S/c1-6-11-15(5)18(16,17)13-9-7-12(8-10-13)14(2,3)4/h7-10H,6,11H2,1-5H3. The lowest BCUT2D eigenvalue weighted by Crippen LogP contribution is -2.27. The van der Waals surface area contributed by atoms with Gasteiger partial charge in [-0.2, -0.15) is 0 Å². The number of nitrogens with zero attached hydrogens (tertiary/aromatic N) is 1. The Balaban J connectivity index is 3.05. The second-order valence-corrected chi connectivity index (χ2v) is 7.65. The lowest BCUT2D eigenvalue weighted by atomic mass is 9.87. The molecule has 0 unspecified atom stereocenters. The van der Waals surface area contributed by atoms with Crippen LogP contribution in [0.1, 0.15) is 39.7 Å². The van der Waals surface area contributed by atoms with Crippen LogP contribution in [0.4, 0.5) is 0 Å². The van der Waals surface area contributed by atoms with Gasteiger partial charge in [0, 0.05) is 13.6 Å². The van der Waals surface area contributed by atoms with Crippen molar-refractivity contribution < 1.29 is 8.42 Å². The van der Waals surface area contributed by atoms with E-state index in [1.54, 1.807) is 19.2 Å². The largest absolute Gasteiger partial charge is 0.242 e. The van der Waals surface area contributed by atoms with Gasteiger partial charge in [0.05, 0.1) is 4.90 Å². The van der Waals surface area contributed by atoms with Gasteiger partial charge in [-0.1, -0.05) is 39.8 Å². The molecule has 0 aliphatic heterocycles. The Morgan fingerprint density at radius 2 is 1.61 bits per heavy atom. The SMILES string of the molecule is CCCN(C)S(=O)(=O)c1ccc(C(C)(C)C)cc1. The van der Waals surface area contributed by atoms with E-state index in [4.69, 9.17) is 0 Å². The monoisotopic (exact) mass is 269 g/mol. The van der Waals surface area contributed by atoms with Crippen molar-refractivity contribution in [2.24, 2.45) is 0 Å². The van der Waals surface area contributed by atoms with E-state index in [0.29, 0.717) is 11.4 Å². The summed E-state index contributed by atoms with van der Waals surface area (Å²) in [6, 6.07) is 7.18. The van der Waals surface area contributed by atoms with Gasteiger partial charge in [0.1, 0.15) is 0 Å². The summed E-state index contributed by atoms with van der Waals surface area (Å²) in [4.78, 5) is 0.367. The first kappa shape index (κ1) is 15.2. The summed E-state index contributed by atoms with van der Waals surface area (Å²) in [6.45, 7) is 8.84. The van der Waals surface area contributed by atoms with Crippen LogP contribution in [-0.4, -0.2) is 26.3 Å². The van der Waals surface area contributed by atoms with Crippen molar-refractivity contribution >= 4 is 10.0 Å². The van der Waals surface area contributed by atoms with E-state index >= 15 is 0 Å². The molecule has 3 nitrogen and oxygen atoms in total. The second-order valence-electron chi connectivity index (χ2n) is 5.60. The van der Waals surface area contributed by atoms with E-state index in [1.807, 2.05) is 19.1 Å². The molecule has 1 aromatic carbocycles. The molecule has 4 heteroatoms. The lowest BCUT2D eigenvalue weighted by Gasteiger charge is -2.20. The highest BCUT2D eigenvalue weighted by Crippen LogP contribution is 2.24. The maximum Gasteiger partial charge on any atom is 0.242 e. The fraction of sp³-hybridized carbons (Fsp3) is 0.571. The molecule has 0 saturated heterocycles. The molecule has 102 valence electrons. The van der Waals surface area contributed by atoms with Gasteiger partial charge >= 0.3 is 0 Å². The molecule has 0 heterocycles. The topological polar surface area (TPSA) is 37.4 Å². The Labute approximate surface area is 111 Å². The molecule has 0 saturated carbocycles. The van der Waals surface area contributed by atoms with Crippen molar-refractivity contribution in [1.29, 1.82) is 0 Å². The van der Waals surface area contributed by atoms with Crippen LogP contribution in [0.15, 0.2) is 29.2 Å². The maximum atomic E-state index is 12.2. The normalized spacial score (nSPS) is 13.0. The zero-order valence-corrected chi connectivity index (χ0v) is 12.7. The third kappa shape index (κ3) is 3.33.